The average Bonchev–Trinajstić information content (AvgIpc) is 2.24. The van der Waals surface area contributed by atoms with Gasteiger partial charge in [-0.05, 0) is 63.8 Å². The van der Waals surface area contributed by atoms with Crippen molar-refractivity contribution < 1.29 is 9.53 Å². The van der Waals surface area contributed by atoms with Crippen molar-refractivity contribution in [3.63, 3.8) is 0 Å². The lowest BCUT2D eigenvalue weighted by Crippen LogP contribution is -2.45. The molecule has 0 aliphatic rings. The molecule has 1 N–H and O–H groups in total. The highest BCUT2D eigenvalue weighted by molar-refractivity contribution is 5.94. The zero-order valence-corrected chi connectivity index (χ0v) is 14.4. The van der Waals surface area contributed by atoms with Gasteiger partial charge in [-0.3, -0.25) is 4.79 Å². The lowest BCUT2D eigenvalue weighted by atomic mass is 9.81. The van der Waals surface area contributed by atoms with Crippen LogP contribution in [0.3, 0.4) is 0 Å². The van der Waals surface area contributed by atoms with Crippen LogP contribution in [0.25, 0.3) is 0 Å². The second-order valence-corrected chi connectivity index (χ2v) is 7.77. The van der Waals surface area contributed by atoms with Gasteiger partial charge in [0.1, 0.15) is 5.75 Å². The van der Waals surface area contributed by atoms with Crippen molar-refractivity contribution in [2.75, 3.05) is 0 Å². The molecule has 0 spiro atoms. The van der Waals surface area contributed by atoms with Gasteiger partial charge in [0.15, 0.2) is 0 Å². The summed E-state index contributed by atoms with van der Waals surface area (Å²) in [4.78, 5) is 12.3. The first-order chi connectivity index (χ1) is 9.48. The fourth-order valence-corrected chi connectivity index (χ4v) is 2.71. The smallest absolute Gasteiger partial charge is 0.251 e. The largest absolute Gasteiger partial charge is 0.491 e. The lowest BCUT2D eigenvalue weighted by molar-refractivity contribution is 0.0891. The van der Waals surface area contributed by atoms with E-state index >= 15 is 0 Å². The van der Waals surface area contributed by atoms with Gasteiger partial charge in [0.05, 0.1) is 6.10 Å². The topological polar surface area (TPSA) is 38.3 Å². The summed E-state index contributed by atoms with van der Waals surface area (Å²) in [7, 11) is 0. The highest BCUT2D eigenvalue weighted by atomic mass is 16.5. The van der Waals surface area contributed by atoms with Crippen molar-refractivity contribution in [1.82, 2.24) is 5.32 Å². The Balaban J connectivity index is 2.71. The van der Waals surface area contributed by atoms with Crippen LogP contribution in [0.2, 0.25) is 0 Å². The first-order valence-electron chi connectivity index (χ1n) is 7.58. The Morgan fingerprint density at radius 2 is 1.62 bits per heavy atom. The number of hydrogen-bond acceptors (Lipinski definition) is 2. The van der Waals surface area contributed by atoms with E-state index in [9.17, 15) is 4.79 Å². The Bertz CT molecular complexity index is 467. The van der Waals surface area contributed by atoms with Crippen molar-refractivity contribution in [2.45, 2.75) is 66.5 Å². The number of amides is 1. The molecule has 1 aromatic rings. The van der Waals surface area contributed by atoms with Crippen LogP contribution in [0.4, 0.5) is 0 Å². The molecule has 1 aromatic carbocycles. The highest BCUT2D eigenvalue weighted by Crippen LogP contribution is 2.27. The van der Waals surface area contributed by atoms with Gasteiger partial charge in [-0.1, -0.05) is 20.8 Å². The van der Waals surface area contributed by atoms with Gasteiger partial charge in [-0.25, -0.2) is 0 Å². The molecular formula is C18H29NO2. The summed E-state index contributed by atoms with van der Waals surface area (Å²) in [6.45, 7) is 14.6. The summed E-state index contributed by atoms with van der Waals surface area (Å²) in [5.74, 6) is 0.746. The third-order valence-corrected chi connectivity index (χ3v) is 2.91. The molecule has 3 nitrogen and oxygen atoms in total. The minimum absolute atomic E-state index is 0.0413. The minimum atomic E-state index is -0.234. The van der Waals surface area contributed by atoms with Gasteiger partial charge in [-0.15, -0.1) is 0 Å². The predicted octanol–water partition coefficient (Wildman–Crippen LogP) is 4.42. The Kier molecular flexibility index (Phi) is 5.43. The van der Waals surface area contributed by atoms with E-state index in [-0.39, 0.29) is 23.0 Å². The van der Waals surface area contributed by atoms with Crippen LogP contribution >= 0.6 is 0 Å². The first kappa shape index (κ1) is 17.5. The maximum Gasteiger partial charge on any atom is 0.251 e. The second-order valence-electron chi connectivity index (χ2n) is 7.77. The van der Waals surface area contributed by atoms with Crippen molar-refractivity contribution in [1.29, 1.82) is 0 Å². The van der Waals surface area contributed by atoms with Crippen LogP contribution in [0.1, 0.15) is 65.2 Å². The monoisotopic (exact) mass is 291 g/mol. The molecule has 0 aliphatic heterocycles. The molecule has 0 aromatic heterocycles. The van der Waals surface area contributed by atoms with E-state index in [2.05, 4.69) is 39.9 Å². The van der Waals surface area contributed by atoms with E-state index in [1.165, 1.54) is 0 Å². The van der Waals surface area contributed by atoms with E-state index in [1.807, 2.05) is 26.0 Å². The van der Waals surface area contributed by atoms with Crippen molar-refractivity contribution >= 4 is 5.91 Å². The van der Waals surface area contributed by atoms with Gasteiger partial charge in [0.25, 0.3) is 5.91 Å². The van der Waals surface area contributed by atoms with Gasteiger partial charge in [-0.2, -0.15) is 0 Å². The number of benzene rings is 1. The second kappa shape index (κ2) is 6.50. The van der Waals surface area contributed by atoms with Crippen molar-refractivity contribution in [3.05, 3.63) is 29.8 Å². The van der Waals surface area contributed by atoms with E-state index in [0.717, 1.165) is 12.2 Å². The molecular weight excluding hydrogens is 262 g/mol. The van der Waals surface area contributed by atoms with E-state index in [0.29, 0.717) is 5.56 Å². The third-order valence-electron chi connectivity index (χ3n) is 2.91. The molecule has 0 bridgehead atoms. The summed E-state index contributed by atoms with van der Waals surface area (Å²) in [6, 6.07) is 7.29. The molecule has 1 rings (SSSR count). The summed E-state index contributed by atoms with van der Waals surface area (Å²) >= 11 is 0. The van der Waals surface area contributed by atoms with Crippen LogP contribution in [-0.4, -0.2) is 17.6 Å². The van der Waals surface area contributed by atoms with E-state index in [1.54, 1.807) is 12.1 Å². The van der Waals surface area contributed by atoms with Crippen LogP contribution in [0, 0.1) is 5.41 Å². The lowest BCUT2D eigenvalue weighted by Gasteiger charge is -2.33. The SMILES string of the molecule is CC(C)Oc1ccc(C(=O)NC(C)(C)CC(C)(C)C)cc1. The number of hydrogen-bond donors (Lipinski definition) is 1. The van der Waals surface area contributed by atoms with Crippen LogP contribution in [0.5, 0.6) is 5.75 Å². The zero-order valence-electron chi connectivity index (χ0n) is 14.4. The molecule has 118 valence electrons. The number of rotatable bonds is 5. The molecule has 0 saturated heterocycles. The van der Waals surface area contributed by atoms with Crippen molar-refractivity contribution in [2.24, 2.45) is 5.41 Å². The third kappa shape index (κ3) is 6.65. The molecule has 0 saturated carbocycles. The normalized spacial score (nSPS) is 12.4. The number of ether oxygens (including phenoxy) is 1. The molecule has 1 amide bonds. The highest BCUT2D eigenvalue weighted by Gasteiger charge is 2.27. The Labute approximate surface area is 129 Å². The average molecular weight is 291 g/mol. The maximum atomic E-state index is 12.3. The fraction of sp³-hybridized carbons (Fsp3) is 0.611. The van der Waals surface area contributed by atoms with Crippen molar-refractivity contribution in [3.8, 4) is 5.75 Å². The number of carbonyl (C=O) groups is 1. The summed E-state index contributed by atoms with van der Waals surface area (Å²) in [6.07, 6.45) is 1.05. The quantitative estimate of drug-likeness (QED) is 0.872. The molecule has 0 radical (unpaired) electrons. The van der Waals surface area contributed by atoms with E-state index < -0.39 is 0 Å². The fourth-order valence-electron chi connectivity index (χ4n) is 2.71. The molecule has 0 heterocycles. The van der Waals surface area contributed by atoms with Crippen LogP contribution in [-0.2, 0) is 0 Å². The Morgan fingerprint density at radius 1 is 1.10 bits per heavy atom. The first-order valence-corrected chi connectivity index (χ1v) is 7.58. The summed E-state index contributed by atoms with van der Waals surface area (Å²) < 4.78 is 5.58. The van der Waals surface area contributed by atoms with Gasteiger partial charge in [0.2, 0.25) is 0 Å². The molecule has 0 fully saturated rings. The maximum absolute atomic E-state index is 12.3. The predicted molar refractivity (Wildman–Crippen MR) is 87.8 cm³/mol. The summed E-state index contributed by atoms with van der Waals surface area (Å²) in [5.41, 5.74) is 0.599. The Morgan fingerprint density at radius 3 is 2.05 bits per heavy atom. The molecule has 0 aliphatic carbocycles. The van der Waals surface area contributed by atoms with Gasteiger partial charge >= 0.3 is 0 Å². The van der Waals surface area contributed by atoms with Gasteiger partial charge < -0.3 is 10.1 Å². The summed E-state index contributed by atoms with van der Waals surface area (Å²) in [5, 5.41) is 3.11. The van der Waals surface area contributed by atoms with Crippen LogP contribution in [0.15, 0.2) is 24.3 Å². The minimum Gasteiger partial charge on any atom is -0.491 e. The molecule has 3 heteroatoms. The standard InChI is InChI=1S/C18H29NO2/c1-13(2)21-15-10-8-14(9-11-15)16(20)19-18(6,7)12-17(3,4)5/h8-11,13H,12H2,1-7H3,(H,19,20). The number of nitrogens with one attached hydrogen (secondary N) is 1. The van der Waals surface area contributed by atoms with Crippen LogP contribution < -0.4 is 10.1 Å². The molecule has 0 unspecified atom stereocenters. The zero-order chi connectivity index (χ0) is 16.3. The van der Waals surface area contributed by atoms with Gasteiger partial charge in [0, 0.05) is 11.1 Å². The number of carbonyl (C=O) groups excluding carboxylic acids is 1. The molecule has 0 atom stereocenters. The van der Waals surface area contributed by atoms with E-state index in [4.69, 9.17) is 4.74 Å². The molecule has 21 heavy (non-hydrogen) atoms. The Hall–Kier alpha value is -1.51.